The van der Waals surface area contributed by atoms with Gasteiger partial charge in [0.2, 0.25) is 10.0 Å². The second-order valence-electron chi connectivity index (χ2n) is 4.48. The summed E-state index contributed by atoms with van der Waals surface area (Å²) in [6.45, 7) is 3.33. The summed E-state index contributed by atoms with van der Waals surface area (Å²) in [5, 5.41) is 0. The van der Waals surface area contributed by atoms with E-state index in [0.717, 1.165) is 19.3 Å². The number of nitrogens with two attached hydrogens (primary N) is 1. The predicted octanol–water partition coefficient (Wildman–Crippen LogP) is 2.01. The van der Waals surface area contributed by atoms with Crippen molar-refractivity contribution in [2.75, 3.05) is 18.8 Å². The molecule has 0 aliphatic carbocycles. The minimum atomic E-state index is -3.06. The van der Waals surface area contributed by atoms with Crippen LogP contribution in [0.15, 0.2) is 0 Å². The quantitative estimate of drug-likeness (QED) is 0.530. The molecule has 0 radical (unpaired) electrons. The number of hydrogen-bond acceptors (Lipinski definition) is 3. The summed E-state index contributed by atoms with van der Waals surface area (Å²) >= 11 is 0. The first-order chi connectivity index (χ1) is 8.12. The molecule has 0 heterocycles. The Bertz CT molecular complexity index is 253. The molecule has 0 atom stereocenters. The fourth-order valence-corrected chi connectivity index (χ4v) is 2.83. The molecule has 0 spiro atoms. The summed E-state index contributed by atoms with van der Waals surface area (Å²) in [4.78, 5) is 0. The lowest BCUT2D eigenvalue weighted by atomic mass is 10.1. The highest BCUT2D eigenvalue weighted by molar-refractivity contribution is 7.89. The molecule has 0 aliphatic heterocycles. The number of unbranched alkanes of at least 4 members (excludes halogenated alkanes) is 6. The van der Waals surface area contributed by atoms with Crippen LogP contribution in [-0.4, -0.2) is 27.3 Å². The summed E-state index contributed by atoms with van der Waals surface area (Å²) in [6.07, 6.45) is 8.49. The highest BCUT2D eigenvalue weighted by Crippen LogP contribution is 2.04. The molecule has 0 bridgehead atoms. The Hall–Kier alpha value is -0.130. The van der Waals surface area contributed by atoms with Gasteiger partial charge in [0, 0.05) is 6.54 Å². The standard InChI is InChI=1S/C12H28N2O2S/c1-2-3-4-5-6-8-11-14-17(15,16)12-9-7-10-13/h14H,2-13H2,1H3. The van der Waals surface area contributed by atoms with Crippen molar-refractivity contribution in [2.45, 2.75) is 58.3 Å². The van der Waals surface area contributed by atoms with Gasteiger partial charge in [-0.05, 0) is 25.8 Å². The lowest BCUT2D eigenvalue weighted by molar-refractivity contribution is 0.564. The minimum Gasteiger partial charge on any atom is -0.330 e. The maximum atomic E-state index is 11.5. The van der Waals surface area contributed by atoms with Crippen LogP contribution < -0.4 is 10.5 Å². The Kier molecular flexibility index (Phi) is 10.9. The first kappa shape index (κ1) is 16.9. The van der Waals surface area contributed by atoms with Gasteiger partial charge in [0.15, 0.2) is 0 Å². The van der Waals surface area contributed by atoms with E-state index in [-0.39, 0.29) is 5.75 Å². The fraction of sp³-hybridized carbons (Fsp3) is 1.00. The van der Waals surface area contributed by atoms with Crippen LogP contribution in [0.2, 0.25) is 0 Å². The van der Waals surface area contributed by atoms with E-state index in [2.05, 4.69) is 11.6 Å². The van der Waals surface area contributed by atoms with Gasteiger partial charge in [-0.25, -0.2) is 13.1 Å². The topological polar surface area (TPSA) is 72.2 Å². The first-order valence-electron chi connectivity index (χ1n) is 6.80. The Morgan fingerprint density at radius 3 is 2.24 bits per heavy atom. The summed E-state index contributed by atoms with van der Waals surface area (Å²) in [7, 11) is -3.06. The average molecular weight is 264 g/mol. The predicted molar refractivity (Wildman–Crippen MR) is 73.5 cm³/mol. The smallest absolute Gasteiger partial charge is 0.211 e. The van der Waals surface area contributed by atoms with Gasteiger partial charge < -0.3 is 5.73 Å². The molecule has 0 aromatic rings. The van der Waals surface area contributed by atoms with E-state index in [4.69, 9.17) is 5.73 Å². The molecule has 0 rings (SSSR count). The third-order valence-electron chi connectivity index (χ3n) is 2.72. The van der Waals surface area contributed by atoms with Crippen molar-refractivity contribution >= 4 is 10.0 Å². The Balaban J connectivity index is 3.39. The van der Waals surface area contributed by atoms with E-state index in [0.29, 0.717) is 19.5 Å². The van der Waals surface area contributed by atoms with Crippen LogP contribution in [0.1, 0.15) is 58.3 Å². The van der Waals surface area contributed by atoms with Gasteiger partial charge >= 0.3 is 0 Å². The molecular formula is C12H28N2O2S. The largest absolute Gasteiger partial charge is 0.330 e. The van der Waals surface area contributed by atoms with Crippen LogP contribution >= 0.6 is 0 Å². The van der Waals surface area contributed by atoms with Crippen molar-refractivity contribution in [1.82, 2.24) is 4.72 Å². The van der Waals surface area contributed by atoms with Gasteiger partial charge in [0.05, 0.1) is 5.75 Å². The molecule has 0 saturated heterocycles. The van der Waals surface area contributed by atoms with Crippen LogP contribution in [0, 0.1) is 0 Å². The summed E-state index contributed by atoms with van der Waals surface area (Å²) in [6, 6.07) is 0. The van der Waals surface area contributed by atoms with E-state index < -0.39 is 10.0 Å². The molecule has 3 N–H and O–H groups in total. The van der Waals surface area contributed by atoms with Crippen molar-refractivity contribution in [3.8, 4) is 0 Å². The second kappa shape index (κ2) is 11.0. The molecule has 0 aromatic heterocycles. The molecule has 0 unspecified atom stereocenters. The molecule has 0 amide bonds. The second-order valence-corrected chi connectivity index (χ2v) is 6.40. The highest BCUT2D eigenvalue weighted by Gasteiger charge is 2.07. The molecule has 0 fully saturated rings. The molecule has 0 aliphatic rings. The minimum absolute atomic E-state index is 0.208. The summed E-state index contributed by atoms with van der Waals surface area (Å²) in [5.41, 5.74) is 5.32. The number of hydrogen-bond donors (Lipinski definition) is 2. The Labute approximate surface area is 106 Å². The van der Waals surface area contributed by atoms with E-state index in [9.17, 15) is 8.42 Å². The molecule has 0 saturated carbocycles. The van der Waals surface area contributed by atoms with Gasteiger partial charge in [-0.2, -0.15) is 0 Å². The van der Waals surface area contributed by atoms with Crippen molar-refractivity contribution in [2.24, 2.45) is 5.73 Å². The van der Waals surface area contributed by atoms with Crippen LogP contribution in [0.5, 0.6) is 0 Å². The average Bonchev–Trinajstić information content (AvgIpc) is 2.28. The van der Waals surface area contributed by atoms with Gasteiger partial charge in [-0.1, -0.05) is 39.0 Å². The van der Waals surface area contributed by atoms with Crippen molar-refractivity contribution in [3.05, 3.63) is 0 Å². The highest BCUT2D eigenvalue weighted by atomic mass is 32.2. The van der Waals surface area contributed by atoms with E-state index in [1.165, 1.54) is 25.7 Å². The number of sulfonamides is 1. The van der Waals surface area contributed by atoms with Gasteiger partial charge in [-0.3, -0.25) is 0 Å². The molecular weight excluding hydrogens is 236 g/mol. The Morgan fingerprint density at radius 1 is 0.941 bits per heavy atom. The molecule has 5 heteroatoms. The lowest BCUT2D eigenvalue weighted by Gasteiger charge is -2.06. The Morgan fingerprint density at radius 2 is 1.59 bits per heavy atom. The molecule has 0 aromatic carbocycles. The zero-order valence-corrected chi connectivity index (χ0v) is 11.9. The molecule has 4 nitrogen and oxygen atoms in total. The third kappa shape index (κ3) is 12.1. The maximum absolute atomic E-state index is 11.5. The molecule has 17 heavy (non-hydrogen) atoms. The van der Waals surface area contributed by atoms with Crippen LogP contribution in [0.25, 0.3) is 0 Å². The third-order valence-corrected chi connectivity index (χ3v) is 4.19. The summed E-state index contributed by atoms with van der Waals surface area (Å²) < 4.78 is 25.6. The lowest BCUT2D eigenvalue weighted by Crippen LogP contribution is -2.27. The van der Waals surface area contributed by atoms with Crippen LogP contribution in [-0.2, 0) is 10.0 Å². The maximum Gasteiger partial charge on any atom is 0.211 e. The van der Waals surface area contributed by atoms with Crippen LogP contribution in [0.3, 0.4) is 0 Å². The zero-order valence-electron chi connectivity index (χ0n) is 11.1. The van der Waals surface area contributed by atoms with Crippen molar-refractivity contribution in [3.63, 3.8) is 0 Å². The van der Waals surface area contributed by atoms with Crippen molar-refractivity contribution < 1.29 is 8.42 Å². The van der Waals surface area contributed by atoms with Gasteiger partial charge in [-0.15, -0.1) is 0 Å². The van der Waals surface area contributed by atoms with Crippen LogP contribution in [0.4, 0.5) is 0 Å². The summed E-state index contributed by atoms with van der Waals surface area (Å²) in [5.74, 6) is 0.208. The van der Waals surface area contributed by atoms with Gasteiger partial charge in [0.1, 0.15) is 0 Å². The normalized spacial score (nSPS) is 11.9. The number of nitrogens with one attached hydrogen (secondary N) is 1. The van der Waals surface area contributed by atoms with Crippen molar-refractivity contribution in [1.29, 1.82) is 0 Å². The zero-order chi connectivity index (χ0) is 13.0. The van der Waals surface area contributed by atoms with E-state index >= 15 is 0 Å². The van der Waals surface area contributed by atoms with Gasteiger partial charge in [0.25, 0.3) is 0 Å². The van der Waals surface area contributed by atoms with E-state index in [1.807, 2.05) is 0 Å². The fourth-order valence-electron chi connectivity index (χ4n) is 1.64. The first-order valence-corrected chi connectivity index (χ1v) is 8.45. The SMILES string of the molecule is CCCCCCCCNS(=O)(=O)CCCCN. The molecule has 104 valence electrons. The monoisotopic (exact) mass is 264 g/mol. The number of rotatable bonds is 12. The van der Waals surface area contributed by atoms with E-state index in [1.54, 1.807) is 0 Å².